The number of aromatic amines is 1. The summed E-state index contributed by atoms with van der Waals surface area (Å²) in [6.45, 7) is 0. The lowest BCUT2D eigenvalue weighted by molar-refractivity contribution is 0.403. The maximum absolute atomic E-state index is 12.5. The molecule has 0 amide bonds. The molecule has 3 heterocycles. The van der Waals surface area contributed by atoms with E-state index in [1.165, 1.54) is 0 Å². The molecule has 3 aromatic heterocycles. The van der Waals surface area contributed by atoms with E-state index in [2.05, 4.69) is 30.8 Å². The van der Waals surface area contributed by atoms with E-state index in [1.807, 2.05) is 24.3 Å². The number of benzene rings is 1. The predicted octanol–water partition coefficient (Wildman–Crippen LogP) is 2.69. The zero-order valence-corrected chi connectivity index (χ0v) is 16.3. The Morgan fingerprint density at radius 2 is 1.90 bits per heavy atom. The predicted molar refractivity (Wildman–Crippen MR) is 117 cm³/mol. The minimum atomic E-state index is -0.302. The van der Waals surface area contributed by atoms with Crippen molar-refractivity contribution < 1.29 is 0 Å². The van der Waals surface area contributed by atoms with Crippen LogP contribution in [0.25, 0.3) is 21.8 Å². The highest BCUT2D eigenvalue weighted by Gasteiger charge is 2.22. The monoisotopic (exact) mass is 402 g/mol. The minimum absolute atomic E-state index is 0.0871. The average molecular weight is 402 g/mol. The second-order valence-electron chi connectivity index (χ2n) is 7.60. The van der Waals surface area contributed by atoms with Gasteiger partial charge in [0.1, 0.15) is 11.6 Å². The Labute approximate surface area is 172 Å². The van der Waals surface area contributed by atoms with Crippen LogP contribution in [-0.4, -0.2) is 37.2 Å². The highest BCUT2D eigenvalue weighted by molar-refractivity contribution is 5.94. The molecule has 5 N–H and O–H groups in total. The molecule has 1 fully saturated rings. The Balaban J connectivity index is 1.55. The number of anilines is 3. The molecule has 2 unspecified atom stereocenters. The quantitative estimate of drug-likeness (QED) is 0.409. The third-order valence-electron chi connectivity index (χ3n) is 5.53. The fraction of sp³-hybridized carbons (Fsp3) is 0.286. The first-order valence-electron chi connectivity index (χ1n) is 10.1. The van der Waals surface area contributed by atoms with Gasteiger partial charge in [-0.05, 0) is 37.1 Å². The first-order chi connectivity index (χ1) is 14.7. The summed E-state index contributed by atoms with van der Waals surface area (Å²) in [7, 11) is 0. The number of nitrogens with one attached hydrogen (secondary N) is 3. The number of aromatic nitrogens is 5. The molecule has 2 atom stereocenters. The van der Waals surface area contributed by atoms with Crippen molar-refractivity contribution in [3.05, 3.63) is 53.2 Å². The van der Waals surface area contributed by atoms with Gasteiger partial charge in [0.15, 0.2) is 0 Å². The molecule has 1 aromatic carbocycles. The SMILES string of the molecule is NC1CCCCC1Nc1cc2cn[nH]c(=O)c2c(Nc2ccc3nccnc3c2)n1. The van der Waals surface area contributed by atoms with Crippen molar-refractivity contribution >= 4 is 39.1 Å². The normalized spacial score (nSPS) is 19.1. The first kappa shape index (κ1) is 18.4. The van der Waals surface area contributed by atoms with Crippen LogP contribution in [0.2, 0.25) is 0 Å². The fourth-order valence-electron chi connectivity index (χ4n) is 3.99. The summed E-state index contributed by atoms with van der Waals surface area (Å²) in [4.78, 5) is 25.8. The van der Waals surface area contributed by atoms with Gasteiger partial charge >= 0.3 is 0 Å². The highest BCUT2D eigenvalue weighted by Crippen LogP contribution is 2.27. The van der Waals surface area contributed by atoms with Gasteiger partial charge in [-0.3, -0.25) is 14.8 Å². The maximum atomic E-state index is 12.5. The Hall–Kier alpha value is -3.59. The van der Waals surface area contributed by atoms with Gasteiger partial charge in [-0.2, -0.15) is 5.10 Å². The largest absolute Gasteiger partial charge is 0.366 e. The second kappa shape index (κ2) is 7.68. The Morgan fingerprint density at radius 1 is 1.07 bits per heavy atom. The summed E-state index contributed by atoms with van der Waals surface area (Å²) in [6.07, 6.45) is 9.22. The number of pyridine rings is 1. The first-order valence-corrected chi connectivity index (χ1v) is 10.1. The minimum Gasteiger partial charge on any atom is -0.366 e. The molecule has 0 radical (unpaired) electrons. The van der Waals surface area contributed by atoms with Crippen LogP contribution >= 0.6 is 0 Å². The van der Waals surface area contributed by atoms with Gasteiger partial charge in [0, 0.05) is 35.6 Å². The van der Waals surface area contributed by atoms with Gasteiger partial charge < -0.3 is 16.4 Å². The number of nitrogens with two attached hydrogens (primary N) is 1. The summed E-state index contributed by atoms with van der Waals surface area (Å²) in [5, 5.41) is 14.3. The van der Waals surface area contributed by atoms with E-state index >= 15 is 0 Å². The van der Waals surface area contributed by atoms with Crippen molar-refractivity contribution in [1.82, 2.24) is 25.1 Å². The van der Waals surface area contributed by atoms with Crippen molar-refractivity contribution in [3.63, 3.8) is 0 Å². The van der Waals surface area contributed by atoms with Crippen LogP contribution in [0.5, 0.6) is 0 Å². The standard InChI is InChI=1S/C21H22N8O/c22-14-3-1-2-4-15(14)27-18-9-12-11-25-29-21(30)19(12)20(28-18)26-13-5-6-16-17(10-13)24-8-7-23-16/h5-11,14-15H,1-4,22H2,(H,29,30)(H2,26,27,28). The van der Waals surface area contributed by atoms with Gasteiger partial charge in [0.25, 0.3) is 5.56 Å². The number of fused-ring (bicyclic) bond motifs is 2. The fourth-order valence-corrected chi connectivity index (χ4v) is 3.99. The van der Waals surface area contributed by atoms with E-state index in [-0.39, 0.29) is 17.6 Å². The Kier molecular flexibility index (Phi) is 4.72. The van der Waals surface area contributed by atoms with Gasteiger partial charge in [0.05, 0.1) is 22.6 Å². The molecule has 1 aliphatic rings. The number of rotatable bonds is 4. The van der Waals surface area contributed by atoms with E-state index in [4.69, 9.17) is 10.7 Å². The van der Waals surface area contributed by atoms with E-state index in [9.17, 15) is 4.79 Å². The van der Waals surface area contributed by atoms with Gasteiger partial charge in [-0.1, -0.05) is 12.8 Å². The lowest BCUT2D eigenvalue weighted by atomic mass is 9.91. The molecule has 1 aliphatic carbocycles. The van der Waals surface area contributed by atoms with E-state index in [1.54, 1.807) is 18.6 Å². The molecule has 9 heteroatoms. The van der Waals surface area contributed by atoms with Crippen LogP contribution in [0.1, 0.15) is 25.7 Å². The lowest BCUT2D eigenvalue weighted by Gasteiger charge is -2.30. The molecular weight excluding hydrogens is 380 g/mol. The summed E-state index contributed by atoms with van der Waals surface area (Å²) in [6, 6.07) is 7.73. The Morgan fingerprint density at radius 3 is 2.77 bits per heavy atom. The maximum Gasteiger partial charge on any atom is 0.275 e. The number of H-pyrrole nitrogens is 1. The molecule has 0 aliphatic heterocycles. The molecule has 152 valence electrons. The zero-order valence-electron chi connectivity index (χ0n) is 16.3. The Bertz CT molecular complexity index is 1270. The van der Waals surface area contributed by atoms with Crippen molar-refractivity contribution in [2.24, 2.45) is 5.73 Å². The smallest absolute Gasteiger partial charge is 0.275 e. The van der Waals surface area contributed by atoms with Crippen LogP contribution in [0.4, 0.5) is 17.3 Å². The van der Waals surface area contributed by atoms with E-state index in [0.29, 0.717) is 22.4 Å². The summed E-state index contributed by atoms with van der Waals surface area (Å²) >= 11 is 0. The highest BCUT2D eigenvalue weighted by atomic mass is 16.1. The van der Waals surface area contributed by atoms with Gasteiger partial charge in [-0.15, -0.1) is 0 Å². The molecule has 1 saturated carbocycles. The van der Waals surface area contributed by atoms with E-state index < -0.39 is 0 Å². The molecule has 30 heavy (non-hydrogen) atoms. The third kappa shape index (κ3) is 3.55. The van der Waals surface area contributed by atoms with Crippen LogP contribution < -0.4 is 21.9 Å². The number of nitrogens with zero attached hydrogens (tertiary/aromatic N) is 4. The van der Waals surface area contributed by atoms with Crippen molar-refractivity contribution in [3.8, 4) is 0 Å². The van der Waals surface area contributed by atoms with Crippen molar-refractivity contribution in [2.75, 3.05) is 10.6 Å². The summed E-state index contributed by atoms with van der Waals surface area (Å²) < 4.78 is 0. The van der Waals surface area contributed by atoms with Crippen molar-refractivity contribution in [1.29, 1.82) is 0 Å². The molecular formula is C21H22N8O. The third-order valence-corrected chi connectivity index (χ3v) is 5.53. The van der Waals surface area contributed by atoms with Crippen molar-refractivity contribution in [2.45, 2.75) is 37.8 Å². The molecule has 0 bridgehead atoms. The molecule has 4 aromatic rings. The zero-order chi connectivity index (χ0) is 20.5. The lowest BCUT2D eigenvalue weighted by Crippen LogP contribution is -2.42. The van der Waals surface area contributed by atoms with Crippen LogP contribution in [0.3, 0.4) is 0 Å². The molecule has 5 rings (SSSR count). The summed E-state index contributed by atoms with van der Waals surface area (Å²) in [5.74, 6) is 1.12. The summed E-state index contributed by atoms with van der Waals surface area (Å²) in [5.41, 5.74) is 8.30. The number of hydrogen-bond donors (Lipinski definition) is 4. The van der Waals surface area contributed by atoms with Crippen LogP contribution in [0.15, 0.2) is 47.7 Å². The van der Waals surface area contributed by atoms with Gasteiger partial charge in [0.2, 0.25) is 0 Å². The second-order valence-corrected chi connectivity index (χ2v) is 7.60. The average Bonchev–Trinajstić information content (AvgIpc) is 2.75. The number of hydrogen-bond acceptors (Lipinski definition) is 8. The van der Waals surface area contributed by atoms with Crippen LogP contribution in [-0.2, 0) is 0 Å². The topological polar surface area (TPSA) is 134 Å². The van der Waals surface area contributed by atoms with Gasteiger partial charge in [-0.25, -0.2) is 10.1 Å². The van der Waals surface area contributed by atoms with E-state index in [0.717, 1.165) is 42.4 Å². The molecule has 0 saturated heterocycles. The molecule has 0 spiro atoms. The van der Waals surface area contributed by atoms with Crippen LogP contribution in [0, 0.1) is 0 Å². The molecule has 9 nitrogen and oxygen atoms in total.